The van der Waals surface area contributed by atoms with Crippen molar-refractivity contribution in [2.24, 2.45) is 0 Å². The molecule has 28 heavy (non-hydrogen) atoms. The van der Waals surface area contributed by atoms with Crippen LogP contribution in [0.5, 0.6) is 0 Å². The van der Waals surface area contributed by atoms with Crippen molar-refractivity contribution in [3.05, 3.63) is 76.2 Å². The lowest BCUT2D eigenvalue weighted by molar-refractivity contribution is -0.142. The van der Waals surface area contributed by atoms with Gasteiger partial charge in [-0.05, 0) is 23.6 Å². The summed E-state index contributed by atoms with van der Waals surface area (Å²) >= 11 is 0. The van der Waals surface area contributed by atoms with Crippen LogP contribution in [0.15, 0.2) is 59.4 Å². The van der Waals surface area contributed by atoms with Crippen molar-refractivity contribution in [2.45, 2.75) is 25.6 Å². The molecule has 0 radical (unpaired) electrons. The molecule has 2 aromatic carbocycles. The Morgan fingerprint density at radius 3 is 2.43 bits per heavy atom. The summed E-state index contributed by atoms with van der Waals surface area (Å²) in [5, 5.41) is 2.68. The van der Waals surface area contributed by atoms with Crippen molar-refractivity contribution in [3.8, 4) is 0 Å². The molecular formula is C20H18F3N3O2. The standard InChI is InChI=1S/C20H18F3N3O2/c1-13(14-7-3-2-4-8-14)11-24-17(27)12-26-16-10-6-5-9-15(16)25-18(19(26)28)20(21,22)23/h2-10,13H,11-12H2,1H3,(H,24,27)/t13-/m1/s1. The van der Waals surface area contributed by atoms with Gasteiger partial charge in [-0.3, -0.25) is 14.2 Å². The molecule has 3 aromatic rings. The summed E-state index contributed by atoms with van der Waals surface area (Å²) in [4.78, 5) is 28.1. The smallest absolute Gasteiger partial charge is 0.354 e. The number of aromatic nitrogens is 2. The average molecular weight is 389 g/mol. The van der Waals surface area contributed by atoms with Crippen LogP contribution in [0.2, 0.25) is 0 Å². The summed E-state index contributed by atoms with van der Waals surface area (Å²) in [6.07, 6.45) is -4.90. The van der Waals surface area contributed by atoms with Gasteiger partial charge in [0.1, 0.15) is 6.54 Å². The quantitative estimate of drug-likeness (QED) is 0.728. The van der Waals surface area contributed by atoms with Crippen molar-refractivity contribution in [3.63, 3.8) is 0 Å². The molecule has 146 valence electrons. The van der Waals surface area contributed by atoms with Crippen molar-refractivity contribution >= 4 is 16.9 Å². The van der Waals surface area contributed by atoms with Crippen LogP contribution in [-0.2, 0) is 17.5 Å². The molecule has 0 fully saturated rings. The third kappa shape index (κ3) is 4.21. The van der Waals surface area contributed by atoms with E-state index < -0.39 is 29.9 Å². The number of hydrogen-bond acceptors (Lipinski definition) is 3. The number of halogens is 3. The van der Waals surface area contributed by atoms with E-state index >= 15 is 0 Å². The summed E-state index contributed by atoms with van der Waals surface area (Å²) in [6.45, 7) is 1.70. The van der Waals surface area contributed by atoms with Crippen LogP contribution in [0, 0.1) is 0 Å². The van der Waals surface area contributed by atoms with Gasteiger partial charge in [0.15, 0.2) is 0 Å². The second kappa shape index (κ2) is 7.84. The summed E-state index contributed by atoms with van der Waals surface area (Å²) < 4.78 is 40.3. The van der Waals surface area contributed by atoms with Gasteiger partial charge >= 0.3 is 6.18 Å². The van der Waals surface area contributed by atoms with Gasteiger partial charge in [-0.25, -0.2) is 4.98 Å². The Labute approximate surface area is 158 Å². The number of carbonyl (C=O) groups excluding carboxylic acids is 1. The molecule has 8 heteroatoms. The Balaban J connectivity index is 1.84. The zero-order chi connectivity index (χ0) is 20.3. The molecule has 0 aliphatic carbocycles. The number of hydrogen-bond donors (Lipinski definition) is 1. The first kappa shape index (κ1) is 19.6. The molecule has 0 aliphatic rings. The predicted molar refractivity (Wildman–Crippen MR) is 98.9 cm³/mol. The molecule has 1 aromatic heterocycles. The fourth-order valence-corrected chi connectivity index (χ4v) is 2.90. The molecule has 5 nitrogen and oxygen atoms in total. The molecule has 0 aliphatic heterocycles. The fraction of sp³-hybridized carbons (Fsp3) is 0.250. The third-order valence-corrected chi connectivity index (χ3v) is 4.40. The van der Waals surface area contributed by atoms with Crippen molar-refractivity contribution < 1.29 is 18.0 Å². The minimum Gasteiger partial charge on any atom is -0.354 e. The van der Waals surface area contributed by atoms with E-state index in [4.69, 9.17) is 0 Å². The lowest BCUT2D eigenvalue weighted by atomic mass is 10.0. The summed E-state index contributed by atoms with van der Waals surface area (Å²) in [7, 11) is 0. The van der Waals surface area contributed by atoms with Crippen LogP contribution in [0.1, 0.15) is 24.1 Å². The molecule has 1 amide bonds. The van der Waals surface area contributed by atoms with Crippen LogP contribution >= 0.6 is 0 Å². The lowest BCUT2D eigenvalue weighted by Gasteiger charge is -2.15. The van der Waals surface area contributed by atoms with Gasteiger partial charge in [0, 0.05) is 6.54 Å². The highest BCUT2D eigenvalue weighted by atomic mass is 19.4. The second-order valence-corrected chi connectivity index (χ2v) is 6.45. The van der Waals surface area contributed by atoms with Crippen molar-refractivity contribution in [2.75, 3.05) is 6.54 Å². The lowest BCUT2D eigenvalue weighted by Crippen LogP contribution is -2.37. The van der Waals surface area contributed by atoms with E-state index in [-0.39, 0.29) is 17.0 Å². The van der Waals surface area contributed by atoms with Gasteiger partial charge in [0.25, 0.3) is 5.56 Å². The normalized spacial score (nSPS) is 12.7. The number of fused-ring (bicyclic) bond motifs is 1. The number of amides is 1. The van der Waals surface area contributed by atoms with Crippen LogP contribution < -0.4 is 10.9 Å². The van der Waals surface area contributed by atoms with E-state index in [0.717, 1.165) is 10.1 Å². The minimum absolute atomic E-state index is 0.000112. The Morgan fingerprint density at radius 2 is 1.75 bits per heavy atom. The van der Waals surface area contributed by atoms with Gasteiger partial charge in [-0.2, -0.15) is 13.2 Å². The molecule has 1 atom stereocenters. The molecule has 0 bridgehead atoms. The first-order chi connectivity index (χ1) is 13.3. The predicted octanol–water partition coefficient (Wildman–Crippen LogP) is 3.34. The zero-order valence-corrected chi connectivity index (χ0v) is 15.0. The Kier molecular flexibility index (Phi) is 5.48. The summed E-state index contributed by atoms with van der Waals surface area (Å²) in [5.41, 5.74) is -1.67. The SMILES string of the molecule is C[C@H](CNC(=O)Cn1c(=O)c(C(F)(F)F)nc2ccccc21)c1ccccc1. The van der Waals surface area contributed by atoms with Crippen LogP contribution in [0.25, 0.3) is 11.0 Å². The van der Waals surface area contributed by atoms with E-state index in [1.54, 1.807) is 6.07 Å². The maximum atomic E-state index is 13.2. The summed E-state index contributed by atoms with van der Waals surface area (Å²) in [6, 6.07) is 15.4. The van der Waals surface area contributed by atoms with E-state index in [0.29, 0.717) is 6.54 Å². The number of para-hydroxylation sites is 2. The number of nitrogens with one attached hydrogen (secondary N) is 1. The van der Waals surface area contributed by atoms with E-state index in [1.165, 1.54) is 18.2 Å². The molecule has 0 saturated heterocycles. The first-order valence-electron chi connectivity index (χ1n) is 8.66. The number of nitrogens with zero attached hydrogens (tertiary/aromatic N) is 2. The highest BCUT2D eigenvalue weighted by Gasteiger charge is 2.37. The molecule has 1 N–H and O–H groups in total. The van der Waals surface area contributed by atoms with E-state index in [9.17, 15) is 22.8 Å². The van der Waals surface area contributed by atoms with Crippen molar-refractivity contribution in [1.82, 2.24) is 14.9 Å². The van der Waals surface area contributed by atoms with Crippen LogP contribution in [0.4, 0.5) is 13.2 Å². The molecule has 0 unspecified atom stereocenters. The highest BCUT2D eigenvalue weighted by Crippen LogP contribution is 2.26. The Bertz CT molecular complexity index is 1050. The van der Waals surface area contributed by atoms with E-state index in [1.807, 2.05) is 37.3 Å². The van der Waals surface area contributed by atoms with Gasteiger partial charge in [-0.1, -0.05) is 49.4 Å². The van der Waals surface area contributed by atoms with Gasteiger partial charge in [-0.15, -0.1) is 0 Å². The third-order valence-electron chi connectivity index (χ3n) is 4.40. The second-order valence-electron chi connectivity index (χ2n) is 6.45. The largest absolute Gasteiger partial charge is 0.438 e. The number of benzene rings is 2. The number of carbonyl (C=O) groups is 1. The maximum absolute atomic E-state index is 13.2. The van der Waals surface area contributed by atoms with Gasteiger partial charge < -0.3 is 5.32 Å². The molecule has 0 spiro atoms. The minimum atomic E-state index is -4.90. The maximum Gasteiger partial charge on any atom is 0.438 e. The van der Waals surface area contributed by atoms with Gasteiger partial charge in [0.2, 0.25) is 11.6 Å². The zero-order valence-electron chi connectivity index (χ0n) is 15.0. The molecule has 0 saturated carbocycles. The van der Waals surface area contributed by atoms with Crippen LogP contribution in [0.3, 0.4) is 0 Å². The number of rotatable bonds is 5. The highest BCUT2D eigenvalue weighted by molar-refractivity contribution is 5.80. The topological polar surface area (TPSA) is 64.0 Å². The molecule has 1 heterocycles. The Hall–Kier alpha value is -3.16. The van der Waals surface area contributed by atoms with Crippen molar-refractivity contribution in [1.29, 1.82) is 0 Å². The first-order valence-corrected chi connectivity index (χ1v) is 8.66. The summed E-state index contributed by atoms with van der Waals surface area (Å²) in [5.74, 6) is -0.531. The monoisotopic (exact) mass is 389 g/mol. The van der Waals surface area contributed by atoms with Crippen LogP contribution in [-0.4, -0.2) is 22.0 Å². The number of alkyl halides is 3. The Morgan fingerprint density at radius 1 is 1.11 bits per heavy atom. The van der Waals surface area contributed by atoms with E-state index in [2.05, 4.69) is 10.3 Å². The molecular weight excluding hydrogens is 371 g/mol. The fourth-order valence-electron chi connectivity index (χ4n) is 2.90. The van der Waals surface area contributed by atoms with Gasteiger partial charge in [0.05, 0.1) is 11.0 Å². The molecule has 3 rings (SSSR count). The average Bonchev–Trinajstić information content (AvgIpc) is 2.68.